The number of nitrogens with one attached hydrogen (secondary N) is 2. The lowest BCUT2D eigenvalue weighted by Crippen LogP contribution is -2.12. The maximum Gasteiger partial charge on any atom is 0.227 e. The van der Waals surface area contributed by atoms with Crippen LogP contribution in [-0.2, 0) is 11.2 Å². The summed E-state index contributed by atoms with van der Waals surface area (Å²) in [6.07, 6.45) is 2.48. The van der Waals surface area contributed by atoms with Gasteiger partial charge in [-0.1, -0.05) is 28.6 Å². The van der Waals surface area contributed by atoms with Crippen molar-refractivity contribution in [1.29, 1.82) is 0 Å². The van der Waals surface area contributed by atoms with E-state index < -0.39 is 0 Å². The highest BCUT2D eigenvalue weighted by molar-refractivity contribution is 7.13. The molecule has 0 atom stereocenters. The Kier molecular flexibility index (Phi) is 3.75. The summed E-state index contributed by atoms with van der Waals surface area (Å²) in [5.74, 6) is 0.759. The van der Waals surface area contributed by atoms with E-state index in [-0.39, 0.29) is 12.3 Å². The number of nitrogens with zero attached hydrogens (tertiary/aromatic N) is 4. The number of benzene rings is 1. The van der Waals surface area contributed by atoms with Crippen LogP contribution in [0.2, 0.25) is 0 Å². The smallest absolute Gasteiger partial charge is 0.227 e. The molecule has 3 heterocycles. The van der Waals surface area contributed by atoms with Crippen molar-refractivity contribution in [3.63, 3.8) is 0 Å². The number of aromatic amines is 1. The van der Waals surface area contributed by atoms with Gasteiger partial charge in [-0.2, -0.15) is 4.98 Å². The molecular formula is C15H12N6O2S. The normalized spacial score (nSPS) is 11.0. The van der Waals surface area contributed by atoms with Gasteiger partial charge in [0, 0.05) is 30.1 Å². The second-order valence-electron chi connectivity index (χ2n) is 5.08. The largest absolute Gasteiger partial charge is 0.361 e. The second kappa shape index (κ2) is 6.20. The van der Waals surface area contributed by atoms with E-state index in [4.69, 9.17) is 4.52 Å². The number of carbonyl (C=O) groups is 1. The zero-order chi connectivity index (χ0) is 16.4. The van der Waals surface area contributed by atoms with Crippen LogP contribution < -0.4 is 5.32 Å². The molecule has 8 nitrogen and oxygen atoms in total. The lowest BCUT2D eigenvalue weighted by molar-refractivity contribution is -0.116. The minimum atomic E-state index is -0.167. The Labute approximate surface area is 139 Å². The quantitative estimate of drug-likeness (QED) is 0.578. The number of aromatic nitrogens is 5. The van der Waals surface area contributed by atoms with Crippen LogP contribution in [0.15, 0.2) is 40.5 Å². The molecule has 4 aromatic rings. The Morgan fingerprint density at radius 3 is 3.17 bits per heavy atom. The predicted octanol–water partition coefficient (Wildman–Crippen LogP) is 2.64. The molecule has 0 aliphatic rings. The van der Waals surface area contributed by atoms with E-state index in [1.54, 1.807) is 5.51 Å². The average molecular weight is 340 g/mol. The summed E-state index contributed by atoms with van der Waals surface area (Å²) in [5.41, 5.74) is 3.43. The topological polar surface area (TPSA) is 110 Å². The zero-order valence-electron chi connectivity index (χ0n) is 12.4. The van der Waals surface area contributed by atoms with Crippen molar-refractivity contribution in [3.05, 3.63) is 41.9 Å². The minimum Gasteiger partial charge on any atom is -0.361 e. The number of fused-ring (bicyclic) bond motifs is 1. The van der Waals surface area contributed by atoms with Crippen LogP contribution in [0.4, 0.5) is 5.13 Å². The van der Waals surface area contributed by atoms with Gasteiger partial charge in [-0.05, 0) is 17.5 Å². The van der Waals surface area contributed by atoms with E-state index >= 15 is 0 Å². The fourth-order valence-corrected chi connectivity index (χ4v) is 2.75. The van der Waals surface area contributed by atoms with Crippen molar-refractivity contribution in [2.45, 2.75) is 12.8 Å². The van der Waals surface area contributed by atoms with E-state index in [0.717, 1.165) is 16.5 Å². The molecule has 0 aliphatic heterocycles. The van der Waals surface area contributed by atoms with Crippen molar-refractivity contribution in [2.75, 3.05) is 5.32 Å². The van der Waals surface area contributed by atoms with Crippen molar-refractivity contribution in [1.82, 2.24) is 25.3 Å². The number of rotatable bonds is 5. The molecule has 4 rings (SSSR count). The molecule has 24 heavy (non-hydrogen) atoms. The van der Waals surface area contributed by atoms with Crippen LogP contribution in [0, 0.1) is 0 Å². The van der Waals surface area contributed by atoms with E-state index in [2.05, 4.69) is 30.6 Å². The molecule has 2 N–H and O–H groups in total. The third kappa shape index (κ3) is 3.01. The molecule has 9 heteroatoms. The Balaban J connectivity index is 1.41. The van der Waals surface area contributed by atoms with E-state index in [0.29, 0.717) is 23.3 Å². The van der Waals surface area contributed by atoms with Gasteiger partial charge in [0.2, 0.25) is 22.8 Å². The fraction of sp³-hybridized carbons (Fsp3) is 0.133. The summed E-state index contributed by atoms with van der Waals surface area (Å²) in [6, 6.07) is 7.89. The van der Waals surface area contributed by atoms with Crippen molar-refractivity contribution in [3.8, 4) is 11.4 Å². The van der Waals surface area contributed by atoms with Crippen molar-refractivity contribution in [2.24, 2.45) is 0 Å². The van der Waals surface area contributed by atoms with Gasteiger partial charge in [0.05, 0.1) is 0 Å². The second-order valence-corrected chi connectivity index (χ2v) is 5.92. The minimum absolute atomic E-state index is 0.167. The number of H-pyrrole nitrogens is 1. The standard InChI is InChI=1S/C15H12N6O2S/c22-12(18-15-20-17-8-24-15)3-4-13-19-14(21-23-13)10-2-1-9-5-6-16-11(9)7-10/h1-2,5-8,16H,3-4H2,(H,18,20,22). The third-order valence-corrected chi connectivity index (χ3v) is 4.06. The van der Waals surface area contributed by atoms with Crippen molar-refractivity contribution >= 4 is 33.3 Å². The summed E-state index contributed by atoms with van der Waals surface area (Å²) in [6.45, 7) is 0. The van der Waals surface area contributed by atoms with Gasteiger partial charge in [-0.3, -0.25) is 4.79 Å². The Morgan fingerprint density at radius 1 is 1.33 bits per heavy atom. The van der Waals surface area contributed by atoms with Crippen LogP contribution in [0.25, 0.3) is 22.3 Å². The summed E-state index contributed by atoms with van der Waals surface area (Å²) in [7, 11) is 0. The Bertz CT molecular complexity index is 975. The highest BCUT2D eigenvalue weighted by Gasteiger charge is 2.12. The Morgan fingerprint density at radius 2 is 2.29 bits per heavy atom. The molecule has 0 aliphatic carbocycles. The van der Waals surface area contributed by atoms with Crippen LogP contribution in [0.5, 0.6) is 0 Å². The van der Waals surface area contributed by atoms with E-state index in [9.17, 15) is 4.79 Å². The molecule has 0 bridgehead atoms. The van der Waals surface area contributed by atoms with Crippen LogP contribution >= 0.6 is 11.3 Å². The first-order chi connectivity index (χ1) is 11.8. The molecule has 0 fully saturated rings. The van der Waals surface area contributed by atoms with E-state index in [1.807, 2.05) is 30.5 Å². The lowest BCUT2D eigenvalue weighted by Gasteiger charge is -1.98. The zero-order valence-corrected chi connectivity index (χ0v) is 13.2. The fourth-order valence-electron chi connectivity index (χ4n) is 2.29. The monoisotopic (exact) mass is 340 g/mol. The first-order valence-corrected chi connectivity index (χ1v) is 8.12. The molecule has 1 amide bonds. The highest BCUT2D eigenvalue weighted by atomic mass is 32.1. The summed E-state index contributed by atoms with van der Waals surface area (Å²) in [4.78, 5) is 19.3. The van der Waals surface area contributed by atoms with Crippen LogP contribution in [-0.4, -0.2) is 31.2 Å². The molecule has 120 valence electrons. The summed E-state index contributed by atoms with van der Waals surface area (Å²) < 4.78 is 5.22. The van der Waals surface area contributed by atoms with Crippen LogP contribution in [0.1, 0.15) is 12.3 Å². The number of aryl methyl sites for hydroxylation is 1. The molecule has 0 spiro atoms. The molecule has 0 unspecified atom stereocenters. The predicted molar refractivity (Wildman–Crippen MR) is 88.5 cm³/mol. The van der Waals surface area contributed by atoms with Crippen molar-refractivity contribution < 1.29 is 9.32 Å². The first kappa shape index (κ1) is 14.5. The van der Waals surface area contributed by atoms with Gasteiger partial charge < -0.3 is 14.8 Å². The number of amides is 1. The van der Waals surface area contributed by atoms with Gasteiger partial charge in [0.15, 0.2) is 0 Å². The first-order valence-electron chi connectivity index (χ1n) is 7.24. The molecule has 0 radical (unpaired) electrons. The van der Waals surface area contributed by atoms with Gasteiger partial charge in [0.25, 0.3) is 0 Å². The highest BCUT2D eigenvalue weighted by Crippen LogP contribution is 2.21. The third-order valence-electron chi connectivity index (χ3n) is 3.45. The molecule has 0 saturated heterocycles. The van der Waals surface area contributed by atoms with Gasteiger partial charge in [-0.25, -0.2) is 0 Å². The SMILES string of the molecule is O=C(CCc1nc(-c2ccc3cc[nH]c3c2)no1)Nc1nncs1. The Hall–Kier alpha value is -3.07. The van der Waals surface area contributed by atoms with E-state index in [1.165, 1.54) is 11.3 Å². The maximum absolute atomic E-state index is 11.8. The van der Waals surface area contributed by atoms with Gasteiger partial charge in [0.1, 0.15) is 5.51 Å². The average Bonchev–Trinajstić information content (AvgIpc) is 3.33. The molecular weight excluding hydrogens is 328 g/mol. The summed E-state index contributed by atoms with van der Waals surface area (Å²) >= 11 is 1.27. The lowest BCUT2D eigenvalue weighted by atomic mass is 10.1. The van der Waals surface area contributed by atoms with Gasteiger partial charge in [-0.15, -0.1) is 10.2 Å². The number of hydrogen-bond acceptors (Lipinski definition) is 7. The molecule has 3 aromatic heterocycles. The number of hydrogen-bond donors (Lipinski definition) is 2. The van der Waals surface area contributed by atoms with Crippen LogP contribution in [0.3, 0.4) is 0 Å². The molecule has 1 aromatic carbocycles. The number of anilines is 1. The van der Waals surface area contributed by atoms with Gasteiger partial charge >= 0.3 is 0 Å². The summed E-state index contributed by atoms with van der Waals surface area (Å²) in [5, 5.41) is 15.7. The maximum atomic E-state index is 11.8. The number of carbonyl (C=O) groups excluding carboxylic acids is 1. The molecule has 0 saturated carbocycles.